The Bertz CT molecular complexity index is 826. The van der Waals surface area contributed by atoms with E-state index in [0.717, 1.165) is 38.7 Å². The summed E-state index contributed by atoms with van der Waals surface area (Å²) in [6.07, 6.45) is 0. The highest BCUT2D eigenvalue weighted by Gasteiger charge is 2.19. The van der Waals surface area contributed by atoms with E-state index in [9.17, 15) is 4.39 Å². The Balaban J connectivity index is 0.00000280. The molecule has 0 unspecified atom stereocenters. The van der Waals surface area contributed by atoms with E-state index in [1.807, 2.05) is 19.1 Å². The number of aliphatic imine (C=N–C) groups is 1. The molecule has 5 nitrogen and oxygen atoms in total. The largest absolute Gasteiger partial charge is 0.368 e. The second-order valence-corrected chi connectivity index (χ2v) is 6.40. The van der Waals surface area contributed by atoms with Gasteiger partial charge in [-0.1, -0.05) is 18.2 Å². The van der Waals surface area contributed by atoms with Crippen LogP contribution in [-0.4, -0.2) is 43.6 Å². The molecule has 7 heteroatoms. The Hall–Kier alpha value is -2.34. The molecule has 2 aromatic carbocycles. The van der Waals surface area contributed by atoms with Crippen LogP contribution in [0.15, 0.2) is 53.5 Å². The van der Waals surface area contributed by atoms with E-state index >= 15 is 0 Å². The SMILES string of the molecule is CCNC(=NCc1cc(C#N)ccc1F)N1CCN(c2ccccc2)CC1.I. The summed E-state index contributed by atoms with van der Waals surface area (Å²) >= 11 is 0. The van der Waals surface area contributed by atoms with Gasteiger partial charge in [-0.15, -0.1) is 24.0 Å². The topological polar surface area (TPSA) is 54.7 Å². The summed E-state index contributed by atoms with van der Waals surface area (Å²) in [7, 11) is 0. The van der Waals surface area contributed by atoms with Gasteiger partial charge in [0.15, 0.2) is 5.96 Å². The first kappa shape index (κ1) is 22.0. The summed E-state index contributed by atoms with van der Waals surface area (Å²) in [6, 6.07) is 16.8. The normalized spacial score (nSPS) is 14.2. The van der Waals surface area contributed by atoms with E-state index in [1.165, 1.54) is 17.8 Å². The highest BCUT2D eigenvalue weighted by atomic mass is 127. The zero-order chi connectivity index (χ0) is 19.1. The summed E-state index contributed by atoms with van der Waals surface area (Å²) in [4.78, 5) is 9.17. The lowest BCUT2D eigenvalue weighted by Gasteiger charge is -2.37. The molecule has 3 rings (SSSR count). The maximum atomic E-state index is 14.0. The number of hydrogen-bond acceptors (Lipinski definition) is 3. The molecule has 1 saturated heterocycles. The quantitative estimate of drug-likeness (QED) is 0.402. The molecule has 148 valence electrons. The second-order valence-electron chi connectivity index (χ2n) is 6.40. The molecule has 0 aliphatic carbocycles. The van der Waals surface area contributed by atoms with E-state index in [4.69, 9.17) is 5.26 Å². The average Bonchev–Trinajstić information content (AvgIpc) is 2.73. The number of benzene rings is 2. The van der Waals surface area contributed by atoms with Gasteiger partial charge in [0.25, 0.3) is 0 Å². The van der Waals surface area contributed by atoms with Crippen LogP contribution < -0.4 is 10.2 Å². The number of guanidine groups is 1. The number of para-hydroxylation sites is 1. The molecule has 0 amide bonds. The summed E-state index contributed by atoms with van der Waals surface area (Å²) < 4.78 is 14.0. The van der Waals surface area contributed by atoms with Gasteiger partial charge in [0.05, 0.1) is 18.2 Å². The third kappa shape index (κ3) is 5.58. The molecule has 0 bridgehead atoms. The lowest BCUT2D eigenvalue weighted by molar-refractivity contribution is 0.372. The van der Waals surface area contributed by atoms with Crippen molar-refractivity contribution in [3.63, 3.8) is 0 Å². The highest BCUT2D eigenvalue weighted by Crippen LogP contribution is 2.16. The monoisotopic (exact) mass is 493 g/mol. The van der Waals surface area contributed by atoms with Crippen molar-refractivity contribution in [2.75, 3.05) is 37.6 Å². The van der Waals surface area contributed by atoms with Gasteiger partial charge < -0.3 is 15.1 Å². The number of anilines is 1. The molecule has 1 N–H and O–H groups in total. The molecule has 0 radical (unpaired) electrons. The number of nitrogens with zero attached hydrogens (tertiary/aromatic N) is 4. The molecule has 0 spiro atoms. The van der Waals surface area contributed by atoms with Crippen LogP contribution in [0, 0.1) is 17.1 Å². The van der Waals surface area contributed by atoms with Gasteiger partial charge in [-0.2, -0.15) is 5.26 Å². The zero-order valence-corrected chi connectivity index (χ0v) is 18.3. The number of hydrogen-bond donors (Lipinski definition) is 1. The van der Waals surface area contributed by atoms with Gasteiger partial charge in [-0.3, -0.25) is 0 Å². The van der Waals surface area contributed by atoms with Crippen LogP contribution in [0.5, 0.6) is 0 Å². The van der Waals surface area contributed by atoms with Crippen molar-refractivity contribution < 1.29 is 4.39 Å². The standard InChI is InChI=1S/C21H24FN5.HI/c1-2-24-21(25-16-18-14-17(15-23)8-9-20(18)22)27-12-10-26(11-13-27)19-6-4-3-5-7-19;/h3-9,14H,2,10-13,16H2,1H3,(H,24,25);1H. The smallest absolute Gasteiger partial charge is 0.194 e. The first-order chi connectivity index (χ1) is 13.2. The fourth-order valence-electron chi connectivity index (χ4n) is 3.17. The van der Waals surface area contributed by atoms with Crippen molar-refractivity contribution in [3.05, 3.63) is 65.5 Å². The molecule has 0 atom stereocenters. The highest BCUT2D eigenvalue weighted by molar-refractivity contribution is 14.0. The van der Waals surface area contributed by atoms with Crippen LogP contribution in [0.3, 0.4) is 0 Å². The average molecular weight is 493 g/mol. The van der Waals surface area contributed by atoms with Crippen LogP contribution in [-0.2, 0) is 6.54 Å². The van der Waals surface area contributed by atoms with Crippen molar-refractivity contribution in [1.82, 2.24) is 10.2 Å². The minimum absolute atomic E-state index is 0. The molecule has 1 aliphatic rings. The molecule has 1 fully saturated rings. The maximum absolute atomic E-state index is 14.0. The molecule has 2 aromatic rings. The minimum Gasteiger partial charge on any atom is -0.368 e. The molecule has 28 heavy (non-hydrogen) atoms. The van der Waals surface area contributed by atoms with E-state index in [-0.39, 0.29) is 36.3 Å². The van der Waals surface area contributed by atoms with Crippen molar-refractivity contribution in [1.29, 1.82) is 5.26 Å². The zero-order valence-electron chi connectivity index (χ0n) is 15.9. The van der Waals surface area contributed by atoms with Gasteiger partial charge in [0, 0.05) is 44.0 Å². The van der Waals surface area contributed by atoms with Gasteiger partial charge in [0.2, 0.25) is 0 Å². The van der Waals surface area contributed by atoms with Crippen LogP contribution >= 0.6 is 24.0 Å². The Morgan fingerprint density at radius 2 is 1.86 bits per heavy atom. The van der Waals surface area contributed by atoms with Crippen LogP contribution in [0.4, 0.5) is 10.1 Å². The molecular formula is C21H25FIN5. The van der Waals surface area contributed by atoms with Gasteiger partial charge in [-0.25, -0.2) is 9.38 Å². The first-order valence-electron chi connectivity index (χ1n) is 9.23. The van der Waals surface area contributed by atoms with Gasteiger partial charge in [-0.05, 0) is 37.3 Å². The Morgan fingerprint density at radius 1 is 1.14 bits per heavy atom. The predicted molar refractivity (Wildman–Crippen MR) is 122 cm³/mol. The molecule has 1 aliphatic heterocycles. The van der Waals surface area contributed by atoms with E-state index in [2.05, 4.69) is 44.4 Å². The third-order valence-electron chi connectivity index (χ3n) is 4.61. The van der Waals surface area contributed by atoms with E-state index in [0.29, 0.717) is 11.1 Å². The van der Waals surface area contributed by atoms with Gasteiger partial charge >= 0.3 is 0 Å². The first-order valence-corrected chi connectivity index (χ1v) is 9.23. The minimum atomic E-state index is -0.331. The molecule has 0 saturated carbocycles. The van der Waals surface area contributed by atoms with Crippen LogP contribution in [0.2, 0.25) is 0 Å². The number of halogens is 2. The maximum Gasteiger partial charge on any atom is 0.194 e. The summed E-state index contributed by atoms with van der Waals surface area (Å²) in [5, 5.41) is 12.3. The van der Waals surface area contributed by atoms with Crippen molar-refractivity contribution >= 4 is 35.6 Å². The number of nitriles is 1. The number of nitrogens with one attached hydrogen (secondary N) is 1. The summed E-state index contributed by atoms with van der Waals surface area (Å²) in [5.41, 5.74) is 2.12. The lowest BCUT2D eigenvalue weighted by Crippen LogP contribution is -2.52. The van der Waals surface area contributed by atoms with E-state index < -0.39 is 0 Å². The Kier molecular flexibility index (Phi) is 8.51. The fraction of sp³-hybridized carbons (Fsp3) is 0.333. The van der Waals surface area contributed by atoms with Crippen LogP contribution in [0.25, 0.3) is 0 Å². The molecule has 1 heterocycles. The predicted octanol–water partition coefficient (Wildman–Crippen LogP) is 3.60. The number of rotatable bonds is 4. The third-order valence-corrected chi connectivity index (χ3v) is 4.61. The summed E-state index contributed by atoms with van der Waals surface area (Å²) in [5.74, 6) is 0.453. The summed E-state index contributed by atoms with van der Waals surface area (Å²) in [6.45, 7) is 6.50. The molecule has 0 aromatic heterocycles. The Labute approximate surface area is 182 Å². The molecular weight excluding hydrogens is 468 g/mol. The van der Waals surface area contributed by atoms with Gasteiger partial charge in [0.1, 0.15) is 5.82 Å². The second kappa shape index (κ2) is 10.9. The van der Waals surface area contributed by atoms with Crippen LogP contribution in [0.1, 0.15) is 18.1 Å². The Morgan fingerprint density at radius 3 is 2.50 bits per heavy atom. The number of piperazine rings is 1. The lowest BCUT2D eigenvalue weighted by atomic mass is 10.1. The van der Waals surface area contributed by atoms with Crippen molar-refractivity contribution in [2.24, 2.45) is 4.99 Å². The van der Waals surface area contributed by atoms with E-state index in [1.54, 1.807) is 6.07 Å². The van der Waals surface area contributed by atoms with Crippen molar-refractivity contribution in [3.8, 4) is 6.07 Å². The fourth-order valence-corrected chi connectivity index (χ4v) is 3.17. The van der Waals surface area contributed by atoms with Crippen molar-refractivity contribution in [2.45, 2.75) is 13.5 Å².